The standard InChI is InChI=1S/C55H84N6O20S2/c1-43(62)82-38-37-80-36-35-79-34-33-78-32-31-77-30-29-76-28-27-75-26-25-74-24-23-73-22-21-72-20-19-71-18-17-70-16-15-69-14-10-48(63)56-12-6-13-81-47-9-4-3-7-44(47)40-58-52(68)60-53-59-46(42-83-53)50(65)57-41-49(64)61-55-11-5-8-45(39-55)54(55,2)51(66)67/h3-5,7-9,39,42H,6,10-38,40-41H2,1-2H3,(H,56,63)(H,57,65)(H,61,64)(H,66,67)(H2,58,59,60,68). The Balaban J connectivity index is 0.834. The molecule has 3 aliphatic rings. The maximum atomic E-state index is 12.7. The smallest absolute Gasteiger partial charge is 0.321 e. The molecule has 28 heteroatoms. The van der Waals surface area contributed by atoms with Gasteiger partial charge in [0, 0.05) is 43.1 Å². The number of aliphatic carboxylic acids is 1. The predicted octanol–water partition coefficient (Wildman–Crippen LogP) is 2.79. The number of nitrogens with zero attached hydrogens (tertiary/aromatic N) is 1. The maximum Gasteiger partial charge on any atom is 0.321 e. The van der Waals surface area contributed by atoms with E-state index in [0.717, 1.165) is 16.9 Å². The van der Waals surface area contributed by atoms with Crippen LogP contribution in [0.5, 0.6) is 5.75 Å². The number of carbonyl (C=O) groups excluding carboxylic acids is 5. The van der Waals surface area contributed by atoms with Gasteiger partial charge >= 0.3 is 12.0 Å². The Labute approximate surface area is 493 Å². The highest BCUT2D eigenvalue weighted by molar-refractivity contribution is 8.13. The first-order valence-corrected chi connectivity index (χ1v) is 29.6. The number of ether oxygens (including phenoxy) is 13. The fraction of sp³-hybridized carbons (Fsp3) is 0.655. The first-order valence-electron chi connectivity index (χ1n) is 27.7. The number of carboxylic acids is 1. The number of anilines is 1. The second kappa shape index (κ2) is 43.4. The quantitative estimate of drug-likeness (QED) is 0.0519. The van der Waals surface area contributed by atoms with Gasteiger partial charge in [-0.25, -0.2) is 9.78 Å². The van der Waals surface area contributed by atoms with Crippen LogP contribution in [0.3, 0.4) is 0 Å². The van der Waals surface area contributed by atoms with Gasteiger partial charge in [0.15, 0.2) is 10.2 Å². The third-order valence-corrected chi connectivity index (χ3v) is 13.7. The molecule has 0 spiro atoms. The Bertz CT molecular complexity index is 2260. The zero-order valence-corrected chi connectivity index (χ0v) is 49.3. The van der Waals surface area contributed by atoms with Crippen LogP contribution in [0.15, 0.2) is 53.4 Å². The molecule has 26 nitrogen and oxygen atoms in total. The largest absolute Gasteiger partial charge is 0.493 e. The van der Waals surface area contributed by atoms with E-state index in [4.69, 9.17) is 61.6 Å². The molecule has 466 valence electrons. The zero-order valence-electron chi connectivity index (χ0n) is 47.7. The molecule has 0 fully saturated rings. The predicted molar refractivity (Wildman–Crippen MR) is 306 cm³/mol. The van der Waals surface area contributed by atoms with Crippen LogP contribution in [0.25, 0.3) is 0 Å². The number of aromatic nitrogens is 1. The number of amides is 5. The van der Waals surface area contributed by atoms with E-state index in [1.54, 1.807) is 38.1 Å². The molecule has 0 saturated carbocycles. The molecule has 5 amide bonds. The number of rotatable bonds is 52. The van der Waals surface area contributed by atoms with Gasteiger partial charge in [-0.2, -0.15) is 0 Å². The van der Waals surface area contributed by atoms with Crippen molar-refractivity contribution in [2.24, 2.45) is 5.41 Å². The van der Waals surface area contributed by atoms with Crippen molar-refractivity contribution in [1.29, 1.82) is 0 Å². The number of thiazole rings is 1. The first kappa shape index (κ1) is 70.3. The van der Waals surface area contributed by atoms with Crippen molar-refractivity contribution in [2.45, 2.75) is 45.2 Å². The lowest BCUT2D eigenvalue weighted by Crippen LogP contribution is -2.68. The lowest BCUT2D eigenvalue weighted by atomic mass is 9.52. The van der Waals surface area contributed by atoms with Crippen molar-refractivity contribution in [1.82, 2.24) is 26.3 Å². The summed E-state index contributed by atoms with van der Waals surface area (Å²) >= 11 is 2.28. The van der Waals surface area contributed by atoms with E-state index in [2.05, 4.69) is 31.6 Å². The van der Waals surface area contributed by atoms with Gasteiger partial charge in [-0.05, 0) is 31.4 Å². The summed E-state index contributed by atoms with van der Waals surface area (Å²) in [6.07, 6.45) is 6.33. The molecule has 5 rings (SSSR count). The third-order valence-electron chi connectivity index (χ3n) is 12.2. The highest BCUT2D eigenvalue weighted by Gasteiger charge is 2.62. The second-order valence-electron chi connectivity index (χ2n) is 18.3. The van der Waals surface area contributed by atoms with Gasteiger partial charge in [-0.1, -0.05) is 48.2 Å². The molecule has 1 heterocycles. The molecule has 2 bridgehead atoms. The van der Waals surface area contributed by atoms with Gasteiger partial charge in [0.05, 0.1) is 177 Å². The van der Waals surface area contributed by atoms with Gasteiger partial charge in [0.25, 0.3) is 5.91 Å². The molecular weight excluding hydrogens is 1130 g/mol. The molecule has 3 aliphatic carbocycles. The van der Waals surface area contributed by atoms with Crippen LogP contribution in [-0.4, -0.2) is 234 Å². The fourth-order valence-corrected chi connectivity index (χ4v) is 8.87. The second-order valence-corrected chi connectivity index (χ2v) is 20.4. The van der Waals surface area contributed by atoms with Crippen molar-refractivity contribution < 1.29 is 95.5 Å². The molecule has 0 aliphatic heterocycles. The number of urea groups is 1. The minimum atomic E-state index is -1.26. The molecule has 2 aromatic rings. The van der Waals surface area contributed by atoms with Gasteiger partial charge in [-0.15, -0.1) is 11.3 Å². The zero-order chi connectivity index (χ0) is 59.5. The van der Waals surface area contributed by atoms with Crippen LogP contribution < -0.4 is 31.3 Å². The molecular formula is C55H84N6O20S2. The number of carboxylic acid groups (broad SMARTS) is 1. The Morgan fingerprint density at radius 2 is 1.12 bits per heavy atom. The number of hydrogen-bond acceptors (Lipinski definition) is 22. The highest BCUT2D eigenvalue weighted by Crippen LogP contribution is 2.54. The average molecular weight is 1210 g/mol. The fourth-order valence-electron chi connectivity index (χ4n) is 7.70. The SMILES string of the molecule is CC(=O)SCCOCCOCCOCCOCCOCCOCCOCCOCCOCCOCCOCCOCCC(=O)NCCCOc1ccccc1CNC(=O)Nc1nc(C(=O)NCC(=O)NC23C=C(C=CC2)C3(C)C(=O)O)cs1. The molecule has 6 N–H and O–H groups in total. The van der Waals surface area contributed by atoms with E-state index in [0.29, 0.717) is 195 Å². The number of hydrogen-bond donors (Lipinski definition) is 6. The highest BCUT2D eigenvalue weighted by atomic mass is 32.2. The van der Waals surface area contributed by atoms with Crippen molar-refractivity contribution in [3.63, 3.8) is 0 Å². The topological polar surface area (TPSA) is 316 Å². The van der Waals surface area contributed by atoms with Crippen molar-refractivity contribution in [2.75, 3.05) is 189 Å². The number of thioether (sulfide) groups is 1. The van der Waals surface area contributed by atoms with E-state index in [-0.39, 0.29) is 41.4 Å². The van der Waals surface area contributed by atoms with Crippen molar-refractivity contribution in [3.8, 4) is 5.75 Å². The summed E-state index contributed by atoms with van der Waals surface area (Å²) in [7, 11) is 0. The summed E-state index contributed by atoms with van der Waals surface area (Å²) in [5.41, 5.74) is -1.00. The van der Waals surface area contributed by atoms with E-state index in [9.17, 15) is 33.9 Å². The summed E-state index contributed by atoms with van der Waals surface area (Å²) in [4.78, 5) is 77.4. The summed E-state index contributed by atoms with van der Waals surface area (Å²) in [5, 5.41) is 24.9. The van der Waals surface area contributed by atoms with Gasteiger partial charge in [0.2, 0.25) is 11.8 Å². The Morgan fingerprint density at radius 1 is 0.627 bits per heavy atom. The number of para-hydroxylation sites is 1. The van der Waals surface area contributed by atoms with Crippen LogP contribution in [0.2, 0.25) is 0 Å². The van der Waals surface area contributed by atoms with E-state index in [1.165, 1.54) is 17.1 Å². The molecule has 1 aromatic heterocycles. The number of benzene rings is 1. The van der Waals surface area contributed by atoms with E-state index in [1.807, 2.05) is 18.2 Å². The Hall–Kier alpha value is -5.18. The minimum Gasteiger partial charge on any atom is -0.493 e. The number of fused-ring (bicyclic) bond motifs is 1. The van der Waals surface area contributed by atoms with E-state index < -0.39 is 41.3 Å². The molecule has 83 heavy (non-hydrogen) atoms. The number of carbonyl (C=O) groups is 6. The normalized spacial score (nSPS) is 16.0. The summed E-state index contributed by atoms with van der Waals surface area (Å²) in [6.45, 7) is 14.3. The van der Waals surface area contributed by atoms with Crippen LogP contribution in [-0.2, 0) is 82.6 Å². The summed E-state index contributed by atoms with van der Waals surface area (Å²) in [5.74, 6) is -1.16. The minimum absolute atomic E-state index is 0.00565. The van der Waals surface area contributed by atoms with Crippen molar-refractivity contribution in [3.05, 3.63) is 64.7 Å². The van der Waals surface area contributed by atoms with Crippen LogP contribution in [0.4, 0.5) is 9.93 Å². The number of allylic oxidation sites excluding steroid dienone is 1. The average Bonchev–Trinajstić information content (AvgIpc) is 4.11. The summed E-state index contributed by atoms with van der Waals surface area (Å²) in [6, 6.07) is 6.65. The lowest BCUT2D eigenvalue weighted by Gasteiger charge is -2.54. The molecule has 2 atom stereocenters. The van der Waals surface area contributed by atoms with Crippen molar-refractivity contribution >= 4 is 63.1 Å². The lowest BCUT2D eigenvalue weighted by molar-refractivity contribution is -0.151. The molecule has 0 saturated heterocycles. The number of nitrogens with one attached hydrogen (secondary N) is 5. The van der Waals surface area contributed by atoms with Gasteiger partial charge in [-0.3, -0.25) is 29.3 Å². The molecule has 1 aromatic carbocycles. The monoisotopic (exact) mass is 1210 g/mol. The first-order chi connectivity index (χ1) is 40.4. The molecule has 0 radical (unpaired) electrons. The Morgan fingerprint density at radius 3 is 1.61 bits per heavy atom. The van der Waals surface area contributed by atoms with Gasteiger partial charge < -0.3 is 88.0 Å². The van der Waals surface area contributed by atoms with Crippen LogP contribution in [0.1, 0.15) is 49.2 Å². The van der Waals surface area contributed by atoms with E-state index >= 15 is 0 Å². The maximum absolute atomic E-state index is 12.7. The van der Waals surface area contributed by atoms with Crippen LogP contribution in [0, 0.1) is 5.41 Å². The van der Waals surface area contributed by atoms with Gasteiger partial charge in [0.1, 0.15) is 16.9 Å². The molecule has 2 unspecified atom stereocenters. The third kappa shape index (κ3) is 29.5. The summed E-state index contributed by atoms with van der Waals surface area (Å²) < 4.78 is 71.7. The van der Waals surface area contributed by atoms with Crippen LogP contribution >= 0.6 is 23.1 Å². The Kier molecular flexibility index (Phi) is 36.8.